The Morgan fingerprint density at radius 3 is 2.94 bits per heavy atom. The average molecular weight is 222 g/mol. The van der Waals surface area contributed by atoms with E-state index in [1.807, 2.05) is 4.90 Å². The van der Waals surface area contributed by atoms with E-state index in [4.69, 9.17) is 5.73 Å². The van der Waals surface area contributed by atoms with Crippen molar-refractivity contribution in [1.82, 2.24) is 14.7 Å². The lowest BCUT2D eigenvalue weighted by atomic mass is 10.1. The van der Waals surface area contributed by atoms with E-state index in [2.05, 4.69) is 12.0 Å². The van der Waals surface area contributed by atoms with Crippen LogP contribution < -0.4 is 5.73 Å². The number of aryl methyl sites for hydroxylation is 1. The Labute approximate surface area is 95.2 Å². The molecule has 5 heteroatoms. The van der Waals surface area contributed by atoms with Gasteiger partial charge in [-0.2, -0.15) is 5.10 Å². The van der Waals surface area contributed by atoms with Crippen molar-refractivity contribution in [3.8, 4) is 0 Å². The summed E-state index contributed by atoms with van der Waals surface area (Å²) in [5, 5.41) is 3.99. The van der Waals surface area contributed by atoms with Gasteiger partial charge in [0.05, 0.1) is 11.9 Å². The first-order chi connectivity index (χ1) is 7.63. The Morgan fingerprint density at radius 1 is 1.69 bits per heavy atom. The van der Waals surface area contributed by atoms with Crippen LogP contribution in [0.2, 0.25) is 0 Å². The first-order valence-corrected chi connectivity index (χ1v) is 5.70. The minimum atomic E-state index is 0.00782. The third-order valence-corrected chi connectivity index (χ3v) is 3.32. The zero-order valence-corrected chi connectivity index (χ0v) is 9.81. The fourth-order valence-corrected chi connectivity index (χ4v) is 2.22. The Balaban J connectivity index is 2.15. The molecule has 0 aliphatic carbocycles. The lowest BCUT2D eigenvalue weighted by Gasteiger charge is -2.16. The van der Waals surface area contributed by atoms with E-state index in [1.165, 1.54) is 6.20 Å². The van der Waals surface area contributed by atoms with Crippen LogP contribution in [-0.4, -0.2) is 33.7 Å². The Kier molecular flexibility index (Phi) is 2.85. The fraction of sp³-hybridized carbons (Fsp3) is 0.636. The SMILES string of the molecule is CCC1CCN(C(=O)c2c(N)cnn2C)C1. The largest absolute Gasteiger partial charge is 0.396 e. The van der Waals surface area contributed by atoms with Crippen molar-refractivity contribution in [2.75, 3.05) is 18.8 Å². The third kappa shape index (κ3) is 1.77. The molecule has 5 nitrogen and oxygen atoms in total. The van der Waals surface area contributed by atoms with E-state index in [-0.39, 0.29) is 5.91 Å². The van der Waals surface area contributed by atoms with Gasteiger partial charge in [-0.25, -0.2) is 0 Å². The number of nitrogens with zero attached hydrogens (tertiary/aromatic N) is 3. The number of nitrogen functional groups attached to an aromatic ring is 1. The van der Waals surface area contributed by atoms with Gasteiger partial charge in [-0.3, -0.25) is 9.48 Å². The van der Waals surface area contributed by atoms with Gasteiger partial charge in [0.1, 0.15) is 5.69 Å². The minimum Gasteiger partial charge on any atom is -0.396 e. The zero-order chi connectivity index (χ0) is 11.7. The van der Waals surface area contributed by atoms with Crippen LogP contribution in [0.1, 0.15) is 30.3 Å². The lowest BCUT2D eigenvalue weighted by Crippen LogP contribution is -2.30. The predicted molar refractivity (Wildman–Crippen MR) is 61.9 cm³/mol. The molecule has 1 amide bonds. The third-order valence-electron chi connectivity index (χ3n) is 3.32. The molecule has 0 radical (unpaired) electrons. The van der Waals surface area contributed by atoms with Crippen LogP contribution in [0.25, 0.3) is 0 Å². The summed E-state index contributed by atoms with van der Waals surface area (Å²) in [5.74, 6) is 0.645. The summed E-state index contributed by atoms with van der Waals surface area (Å²) in [6, 6.07) is 0. The maximum atomic E-state index is 12.2. The molecule has 88 valence electrons. The molecule has 1 aliphatic rings. The first kappa shape index (κ1) is 11.0. The summed E-state index contributed by atoms with van der Waals surface area (Å²) in [6.45, 7) is 3.85. The van der Waals surface area contributed by atoms with Gasteiger partial charge >= 0.3 is 0 Å². The average Bonchev–Trinajstić information content (AvgIpc) is 2.85. The molecule has 2 N–H and O–H groups in total. The van der Waals surface area contributed by atoms with Crippen molar-refractivity contribution >= 4 is 11.6 Å². The Bertz CT molecular complexity index is 379. The molecule has 0 saturated carbocycles. The smallest absolute Gasteiger partial charge is 0.274 e. The molecule has 1 saturated heterocycles. The molecular weight excluding hydrogens is 204 g/mol. The highest BCUT2D eigenvalue weighted by atomic mass is 16.2. The summed E-state index contributed by atoms with van der Waals surface area (Å²) in [7, 11) is 1.75. The van der Waals surface area contributed by atoms with E-state index in [0.29, 0.717) is 17.3 Å². The number of nitrogens with two attached hydrogens (primary N) is 1. The van der Waals surface area contributed by atoms with Gasteiger partial charge in [-0.05, 0) is 12.3 Å². The highest BCUT2D eigenvalue weighted by Crippen LogP contribution is 2.22. The van der Waals surface area contributed by atoms with Gasteiger partial charge in [0.2, 0.25) is 0 Å². The number of hydrogen-bond donors (Lipinski definition) is 1. The number of anilines is 1. The molecule has 1 aromatic heterocycles. The maximum absolute atomic E-state index is 12.2. The van der Waals surface area contributed by atoms with E-state index >= 15 is 0 Å². The quantitative estimate of drug-likeness (QED) is 0.807. The minimum absolute atomic E-state index is 0.00782. The highest BCUT2D eigenvalue weighted by molar-refractivity contribution is 5.97. The molecule has 1 unspecified atom stereocenters. The molecule has 0 spiro atoms. The van der Waals surface area contributed by atoms with Crippen LogP contribution in [0.3, 0.4) is 0 Å². The summed E-state index contributed by atoms with van der Waals surface area (Å²) >= 11 is 0. The summed E-state index contributed by atoms with van der Waals surface area (Å²) < 4.78 is 1.55. The second kappa shape index (κ2) is 4.15. The number of amides is 1. The summed E-state index contributed by atoms with van der Waals surface area (Å²) in [6.07, 6.45) is 3.76. The van der Waals surface area contributed by atoms with E-state index < -0.39 is 0 Å². The molecule has 2 heterocycles. The van der Waals surface area contributed by atoms with Crippen molar-refractivity contribution in [2.45, 2.75) is 19.8 Å². The van der Waals surface area contributed by atoms with E-state index in [1.54, 1.807) is 11.7 Å². The Hall–Kier alpha value is -1.52. The molecule has 0 aromatic carbocycles. The maximum Gasteiger partial charge on any atom is 0.274 e. The van der Waals surface area contributed by atoms with Crippen LogP contribution in [0.15, 0.2) is 6.20 Å². The normalized spacial score (nSPS) is 20.4. The second-order valence-electron chi connectivity index (χ2n) is 4.39. The molecule has 0 bridgehead atoms. The van der Waals surface area contributed by atoms with Gasteiger partial charge in [0.15, 0.2) is 0 Å². The molecule has 1 fully saturated rings. The van der Waals surface area contributed by atoms with Gasteiger partial charge in [-0.1, -0.05) is 13.3 Å². The molecule has 1 aromatic rings. The number of aromatic nitrogens is 2. The highest BCUT2D eigenvalue weighted by Gasteiger charge is 2.28. The van der Waals surface area contributed by atoms with E-state index in [9.17, 15) is 4.79 Å². The van der Waals surface area contributed by atoms with Gasteiger partial charge in [0.25, 0.3) is 5.91 Å². The number of likely N-dealkylation sites (tertiary alicyclic amines) is 1. The van der Waals surface area contributed by atoms with Gasteiger partial charge in [-0.15, -0.1) is 0 Å². The zero-order valence-electron chi connectivity index (χ0n) is 9.81. The van der Waals surface area contributed by atoms with Crippen molar-refractivity contribution in [2.24, 2.45) is 13.0 Å². The number of carbonyl (C=O) groups excluding carboxylic acids is 1. The predicted octanol–water partition coefficient (Wildman–Crippen LogP) is 0.874. The number of hydrogen-bond acceptors (Lipinski definition) is 3. The van der Waals surface area contributed by atoms with Gasteiger partial charge < -0.3 is 10.6 Å². The summed E-state index contributed by atoms with van der Waals surface area (Å²) in [5.41, 5.74) is 6.72. The molecule has 2 rings (SSSR count). The van der Waals surface area contributed by atoms with Crippen LogP contribution >= 0.6 is 0 Å². The van der Waals surface area contributed by atoms with Crippen LogP contribution in [0.4, 0.5) is 5.69 Å². The standard InChI is InChI=1S/C11H18N4O/c1-3-8-4-5-15(7-8)11(16)10-9(12)6-13-14(10)2/h6,8H,3-5,7,12H2,1-2H3. The van der Waals surface area contributed by atoms with Crippen molar-refractivity contribution in [1.29, 1.82) is 0 Å². The van der Waals surface area contributed by atoms with Crippen molar-refractivity contribution < 1.29 is 4.79 Å². The Morgan fingerprint density at radius 2 is 2.44 bits per heavy atom. The summed E-state index contributed by atoms with van der Waals surface area (Å²) in [4.78, 5) is 14.1. The second-order valence-corrected chi connectivity index (χ2v) is 4.39. The first-order valence-electron chi connectivity index (χ1n) is 5.70. The number of carbonyl (C=O) groups is 1. The van der Waals surface area contributed by atoms with Crippen molar-refractivity contribution in [3.63, 3.8) is 0 Å². The molecule has 16 heavy (non-hydrogen) atoms. The number of rotatable bonds is 2. The molecular formula is C11H18N4O. The molecule has 1 aliphatic heterocycles. The lowest BCUT2D eigenvalue weighted by molar-refractivity contribution is 0.0777. The fourth-order valence-electron chi connectivity index (χ4n) is 2.22. The van der Waals surface area contributed by atoms with Crippen LogP contribution in [-0.2, 0) is 7.05 Å². The van der Waals surface area contributed by atoms with E-state index in [0.717, 1.165) is 25.9 Å². The van der Waals surface area contributed by atoms with Crippen molar-refractivity contribution in [3.05, 3.63) is 11.9 Å². The van der Waals surface area contributed by atoms with Crippen LogP contribution in [0.5, 0.6) is 0 Å². The monoisotopic (exact) mass is 222 g/mol. The van der Waals surface area contributed by atoms with Crippen LogP contribution in [0, 0.1) is 5.92 Å². The van der Waals surface area contributed by atoms with Gasteiger partial charge in [0, 0.05) is 20.1 Å². The molecule has 1 atom stereocenters. The topological polar surface area (TPSA) is 64.2 Å².